The van der Waals surface area contributed by atoms with Crippen LogP contribution in [0.1, 0.15) is 25.6 Å². The molecule has 1 aliphatic rings. The van der Waals surface area contributed by atoms with Crippen molar-refractivity contribution in [1.29, 1.82) is 0 Å². The van der Waals surface area contributed by atoms with E-state index in [0.29, 0.717) is 25.4 Å². The number of carbonyl (C=O) groups excluding carboxylic acids is 1. The zero-order valence-corrected chi connectivity index (χ0v) is 12.5. The normalized spacial score (nSPS) is 21.0. The second-order valence-corrected chi connectivity index (χ2v) is 5.53. The molecular weight excluding hydrogens is 282 g/mol. The second kappa shape index (κ2) is 6.23. The van der Waals surface area contributed by atoms with Gasteiger partial charge in [0.25, 0.3) is 5.91 Å². The molecule has 0 aromatic carbocycles. The first kappa shape index (κ1) is 14.6. The molecule has 1 saturated heterocycles. The third kappa shape index (κ3) is 3.14. The predicted octanol–water partition coefficient (Wildman–Crippen LogP) is 1.09. The van der Waals surface area contributed by atoms with Crippen LogP contribution in [0, 0.1) is 0 Å². The maximum absolute atomic E-state index is 12.1. The van der Waals surface area contributed by atoms with Crippen LogP contribution in [0.25, 0.3) is 11.4 Å². The average Bonchev–Trinajstić information content (AvgIpc) is 3.18. The molecule has 22 heavy (non-hydrogen) atoms. The summed E-state index contributed by atoms with van der Waals surface area (Å²) in [6.45, 7) is 3.00. The van der Waals surface area contributed by atoms with E-state index in [1.54, 1.807) is 12.4 Å². The molecular formula is C15H19N5O2. The number of aromatic nitrogens is 4. The van der Waals surface area contributed by atoms with Gasteiger partial charge in [-0.1, -0.05) is 0 Å². The van der Waals surface area contributed by atoms with Crippen molar-refractivity contribution in [2.75, 3.05) is 13.2 Å². The molecule has 1 amide bonds. The van der Waals surface area contributed by atoms with Gasteiger partial charge in [-0.05, 0) is 31.9 Å². The molecule has 1 atom stereocenters. The molecule has 0 unspecified atom stereocenters. The Morgan fingerprint density at radius 3 is 3.00 bits per heavy atom. The van der Waals surface area contributed by atoms with Gasteiger partial charge in [-0.2, -0.15) is 5.10 Å². The highest BCUT2D eigenvalue weighted by atomic mass is 16.5. The molecule has 0 radical (unpaired) electrons. The molecule has 0 saturated carbocycles. The highest BCUT2D eigenvalue weighted by Crippen LogP contribution is 2.24. The Balaban J connectivity index is 1.52. The number of carbonyl (C=O) groups is 1. The maximum atomic E-state index is 12.1. The van der Waals surface area contributed by atoms with Gasteiger partial charge in [-0.3, -0.25) is 14.9 Å². The summed E-state index contributed by atoms with van der Waals surface area (Å²) in [6, 6.07) is 3.71. The fourth-order valence-electron chi connectivity index (χ4n) is 2.48. The number of H-pyrrole nitrogens is 1. The van der Waals surface area contributed by atoms with E-state index >= 15 is 0 Å². The lowest BCUT2D eigenvalue weighted by atomic mass is 10.0. The van der Waals surface area contributed by atoms with Gasteiger partial charge in [-0.15, -0.1) is 0 Å². The summed E-state index contributed by atoms with van der Waals surface area (Å²) >= 11 is 0. The van der Waals surface area contributed by atoms with Crippen LogP contribution in [0.2, 0.25) is 0 Å². The Kier molecular flexibility index (Phi) is 4.15. The molecule has 0 aliphatic carbocycles. The lowest BCUT2D eigenvalue weighted by Crippen LogP contribution is -2.44. The number of amides is 1. The Bertz CT molecular complexity index is 634. The molecule has 7 nitrogen and oxygen atoms in total. The molecule has 116 valence electrons. The minimum atomic E-state index is -0.677. The fraction of sp³-hybridized carbons (Fsp3) is 0.467. The van der Waals surface area contributed by atoms with Crippen molar-refractivity contribution in [1.82, 2.24) is 25.5 Å². The zero-order chi connectivity index (χ0) is 15.4. The molecule has 3 heterocycles. The number of aromatic amines is 1. The highest BCUT2D eigenvalue weighted by Gasteiger charge is 2.37. The van der Waals surface area contributed by atoms with Gasteiger partial charge in [0, 0.05) is 37.5 Å². The van der Waals surface area contributed by atoms with Gasteiger partial charge in [0.15, 0.2) is 5.82 Å². The van der Waals surface area contributed by atoms with Crippen molar-refractivity contribution in [2.45, 2.75) is 31.8 Å². The zero-order valence-electron chi connectivity index (χ0n) is 12.5. The summed E-state index contributed by atoms with van der Waals surface area (Å²) in [4.78, 5) is 20.5. The number of rotatable bonds is 5. The molecule has 2 aromatic heterocycles. The molecule has 1 fully saturated rings. The lowest BCUT2D eigenvalue weighted by Gasteiger charge is -2.21. The standard InChI is InChI=1S/C15H19N5O2/c1-15(6-2-10-22-15)14(21)17-9-5-12-18-13(20-19-12)11-3-7-16-8-4-11/h3-4,7-8H,2,5-6,9-10H2,1H3,(H,17,21)(H,18,19,20)/t15-/m1/s1. The van der Waals surface area contributed by atoms with Gasteiger partial charge in [0.1, 0.15) is 11.4 Å². The summed E-state index contributed by atoms with van der Waals surface area (Å²) in [6.07, 6.45) is 5.70. The monoisotopic (exact) mass is 301 g/mol. The lowest BCUT2D eigenvalue weighted by molar-refractivity contribution is -0.139. The number of nitrogens with zero attached hydrogens (tertiary/aromatic N) is 3. The number of hydrogen-bond donors (Lipinski definition) is 2. The van der Waals surface area contributed by atoms with Crippen LogP contribution in [0.15, 0.2) is 24.5 Å². The molecule has 2 aromatic rings. The Hall–Kier alpha value is -2.28. The van der Waals surface area contributed by atoms with Crippen LogP contribution < -0.4 is 5.32 Å². The van der Waals surface area contributed by atoms with E-state index in [2.05, 4.69) is 25.5 Å². The first-order valence-corrected chi connectivity index (χ1v) is 7.41. The summed E-state index contributed by atoms with van der Waals surface area (Å²) < 4.78 is 5.51. The van der Waals surface area contributed by atoms with E-state index in [0.717, 1.165) is 24.2 Å². The SMILES string of the molecule is C[C@]1(C(=O)NCCc2nc(-c3ccncc3)n[nH]2)CCCO1. The van der Waals surface area contributed by atoms with Crippen molar-refractivity contribution < 1.29 is 9.53 Å². The van der Waals surface area contributed by atoms with Gasteiger partial charge >= 0.3 is 0 Å². The van der Waals surface area contributed by atoms with Crippen molar-refractivity contribution in [3.05, 3.63) is 30.4 Å². The summed E-state index contributed by atoms with van der Waals surface area (Å²) in [5.74, 6) is 1.32. The van der Waals surface area contributed by atoms with Crippen LogP contribution in [-0.4, -0.2) is 44.8 Å². The smallest absolute Gasteiger partial charge is 0.251 e. The van der Waals surface area contributed by atoms with Crippen LogP contribution in [-0.2, 0) is 16.0 Å². The maximum Gasteiger partial charge on any atom is 0.251 e. The third-order valence-electron chi connectivity index (χ3n) is 3.82. The van der Waals surface area contributed by atoms with Gasteiger partial charge in [-0.25, -0.2) is 4.98 Å². The number of ether oxygens (including phenoxy) is 1. The Morgan fingerprint density at radius 1 is 1.45 bits per heavy atom. The molecule has 1 aliphatic heterocycles. The van der Waals surface area contributed by atoms with Crippen molar-refractivity contribution in [2.24, 2.45) is 0 Å². The van der Waals surface area contributed by atoms with Gasteiger partial charge in [0.2, 0.25) is 0 Å². The number of pyridine rings is 1. The van der Waals surface area contributed by atoms with E-state index in [9.17, 15) is 4.79 Å². The van der Waals surface area contributed by atoms with Crippen molar-refractivity contribution in [3.8, 4) is 11.4 Å². The number of nitrogens with one attached hydrogen (secondary N) is 2. The first-order chi connectivity index (χ1) is 10.7. The molecule has 3 rings (SSSR count). The average molecular weight is 301 g/mol. The van der Waals surface area contributed by atoms with Crippen LogP contribution in [0.4, 0.5) is 0 Å². The van der Waals surface area contributed by atoms with Crippen LogP contribution >= 0.6 is 0 Å². The van der Waals surface area contributed by atoms with E-state index in [-0.39, 0.29) is 5.91 Å². The topological polar surface area (TPSA) is 92.8 Å². The quantitative estimate of drug-likeness (QED) is 0.862. The second-order valence-electron chi connectivity index (χ2n) is 5.53. The molecule has 2 N–H and O–H groups in total. The van der Waals surface area contributed by atoms with Crippen LogP contribution in [0.5, 0.6) is 0 Å². The molecule has 0 bridgehead atoms. The first-order valence-electron chi connectivity index (χ1n) is 7.41. The van der Waals surface area contributed by atoms with Gasteiger partial charge in [0.05, 0.1) is 0 Å². The minimum absolute atomic E-state index is 0.0566. The summed E-state index contributed by atoms with van der Waals surface area (Å²) in [5, 5.41) is 9.97. The summed E-state index contributed by atoms with van der Waals surface area (Å²) in [7, 11) is 0. The Labute approximate surface area is 128 Å². The van der Waals surface area contributed by atoms with Gasteiger partial charge < -0.3 is 10.1 Å². The van der Waals surface area contributed by atoms with E-state index in [1.807, 2.05) is 19.1 Å². The van der Waals surface area contributed by atoms with Crippen molar-refractivity contribution >= 4 is 5.91 Å². The largest absolute Gasteiger partial charge is 0.365 e. The number of hydrogen-bond acceptors (Lipinski definition) is 5. The van der Waals surface area contributed by atoms with Crippen LogP contribution in [0.3, 0.4) is 0 Å². The Morgan fingerprint density at radius 2 is 2.27 bits per heavy atom. The fourth-order valence-corrected chi connectivity index (χ4v) is 2.48. The van der Waals surface area contributed by atoms with E-state index in [4.69, 9.17) is 4.74 Å². The van der Waals surface area contributed by atoms with E-state index in [1.165, 1.54) is 0 Å². The minimum Gasteiger partial charge on any atom is -0.365 e. The predicted molar refractivity (Wildman–Crippen MR) is 79.9 cm³/mol. The highest BCUT2D eigenvalue weighted by molar-refractivity contribution is 5.84. The molecule has 7 heteroatoms. The molecule has 0 spiro atoms. The third-order valence-corrected chi connectivity index (χ3v) is 3.82. The van der Waals surface area contributed by atoms with Crippen molar-refractivity contribution in [3.63, 3.8) is 0 Å². The summed E-state index contributed by atoms with van der Waals surface area (Å²) in [5.41, 5.74) is 0.234. The van der Waals surface area contributed by atoms with E-state index < -0.39 is 5.60 Å².